The summed E-state index contributed by atoms with van der Waals surface area (Å²) in [7, 11) is 0. The van der Waals surface area contributed by atoms with Gasteiger partial charge in [0, 0.05) is 35.4 Å². The number of amides is 3. The third-order valence-electron chi connectivity index (χ3n) is 5.03. The Kier molecular flexibility index (Phi) is 7.68. The molecule has 0 saturated carbocycles. The number of benzene rings is 2. The maximum absolute atomic E-state index is 12.3. The van der Waals surface area contributed by atoms with Crippen molar-refractivity contribution in [3.63, 3.8) is 0 Å². The van der Waals surface area contributed by atoms with E-state index in [1.165, 1.54) is 0 Å². The predicted octanol–water partition coefficient (Wildman–Crippen LogP) is 3.65. The second-order valence-electron chi connectivity index (χ2n) is 7.49. The van der Waals surface area contributed by atoms with Crippen molar-refractivity contribution in [3.8, 4) is 5.75 Å². The van der Waals surface area contributed by atoms with Crippen LogP contribution < -0.4 is 20.3 Å². The number of anilines is 2. The molecule has 1 atom stereocenters. The minimum absolute atomic E-state index is 0.0745. The van der Waals surface area contributed by atoms with Crippen molar-refractivity contribution in [2.24, 2.45) is 5.92 Å². The van der Waals surface area contributed by atoms with E-state index in [1.807, 2.05) is 32.0 Å². The van der Waals surface area contributed by atoms with Crippen LogP contribution in [0.25, 0.3) is 0 Å². The molecule has 1 fully saturated rings. The lowest BCUT2D eigenvalue weighted by Crippen LogP contribution is -2.33. The number of hydrogen-bond acceptors (Lipinski definition) is 4. The summed E-state index contributed by atoms with van der Waals surface area (Å²) in [5, 5.41) is 5.67. The van der Waals surface area contributed by atoms with Gasteiger partial charge in [0.2, 0.25) is 11.8 Å². The highest BCUT2D eigenvalue weighted by molar-refractivity contribution is 9.10. The Morgan fingerprint density at radius 3 is 2.61 bits per heavy atom. The average molecular weight is 488 g/mol. The number of carbonyl (C=O) groups is 3. The van der Waals surface area contributed by atoms with Crippen molar-refractivity contribution in [3.05, 3.63) is 52.5 Å². The topological polar surface area (TPSA) is 87.7 Å². The van der Waals surface area contributed by atoms with Crippen LogP contribution in [0.2, 0.25) is 0 Å². The maximum Gasteiger partial charge on any atom is 0.262 e. The Balaban J connectivity index is 1.52. The van der Waals surface area contributed by atoms with Crippen LogP contribution in [0.1, 0.15) is 25.3 Å². The molecular formula is C23H26BrN3O4. The average Bonchev–Trinajstić information content (AvgIpc) is 3.14. The van der Waals surface area contributed by atoms with E-state index in [2.05, 4.69) is 26.6 Å². The van der Waals surface area contributed by atoms with E-state index in [-0.39, 0.29) is 36.7 Å². The quantitative estimate of drug-likeness (QED) is 0.594. The molecule has 2 aromatic carbocycles. The van der Waals surface area contributed by atoms with E-state index in [1.54, 1.807) is 29.2 Å². The van der Waals surface area contributed by atoms with Crippen molar-refractivity contribution in [1.29, 1.82) is 0 Å². The minimum atomic E-state index is -0.333. The Morgan fingerprint density at radius 1 is 1.19 bits per heavy atom. The fourth-order valence-corrected chi connectivity index (χ4v) is 3.83. The molecule has 31 heavy (non-hydrogen) atoms. The van der Waals surface area contributed by atoms with Gasteiger partial charge in [-0.15, -0.1) is 0 Å². The second-order valence-corrected chi connectivity index (χ2v) is 8.40. The van der Waals surface area contributed by atoms with Crippen LogP contribution in [0.3, 0.4) is 0 Å². The molecule has 2 N–H and O–H groups in total. The molecule has 0 spiro atoms. The van der Waals surface area contributed by atoms with Gasteiger partial charge in [0.1, 0.15) is 5.75 Å². The van der Waals surface area contributed by atoms with Crippen LogP contribution in [0.15, 0.2) is 46.9 Å². The number of carbonyl (C=O) groups excluding carboxylic acids is 3. The van der Waals surface area contributed by atoms with E-state index in [9.17, 15) is 14.4 Å². The van der Waals surface area contributed by atoms with Crippen molar-refractivity contribution in [1.82, 2.24) is 5.32 Å². The molecule has 3 amide bonds. The van der Waals surface area contributed by atoms with Gasteiger partial charge in [-0.3, -0.25) is 14.4 Å². The van der Waals surface area contributed by atoms with Crippen molar-refractivity contribution in [2.45, 2.75) is 26.7 Å². The summed E-state index contributed by atoms with van der Waals surface area (Å²) in [5.41, 5.74) is 2.39. The fraction of sp³-hybridized carbons (Fsp3) is 0.348. The highest BCUT2D eigenvalue weighted by atomic mass is 79.9. The number of nitrogens with zero attached hydrogens (tertiary/aromatic N) is 1. The maximum atomic E-state index is 12.3. The molecule has 2 aromatic rings. The number of rotatable bonds is 8. The van der Waals surface area contributed by atoms with Gasteiger partial charge in [-0.05, 0) is 61.4 Å². The van der Waals surface area contributed by atoms with Gasteiger partial charge >= 0.3 is 0 Å². The number of halogens is 1. The molecule has 0 bridgehead atoms. The Hall–Kier alpha value is -2.87. The van der Waals surface area contributed by atoms with Crippen LogP contribution in [0, 0.1) is 12.8 Å². The Morgan fingerprint density at radius 2 is 1.94 bits per heavy atom. The smallest absolute Gasteiger partial charge is 0.262 e. The molecule has 7 nitrogen and oxygen atoms in total. The Labute approximate surface area is 190 Å². The first-order valence-electron chi connectivity index (χ1n) is 10.2. The number of ether oxygens (including phenoxy) is 1. The zero-order valence-electron chi connectivity index (χ0n) is 17.6. The number of aryl methyl sites for hydroxylation is 1. The lowest BCUT2D eigenvalue weighted by Gasteiger charge is -2.17. The molecule has 1 aliphatic rings. The largest absolute Gasteiger partial charge is 0.484 e. The van der Waals surface area contributed by atoms with Crippen molar-refractivity contribution >= 4 is 45.0 Å². The summed E-state index contributed by atoms with van der Waals surface area (Å²) in [4.78, 5) is 38.3. The molecule has 1 saturated heterocycles. The molecule has 1 aliphatic heterocycles. The van der Waals surface area contributed by atoms with Crippen LogP contribution in [0.4, 0.5) is 11.4 Å². The standard InChI is InChI=1S/C23H26BrN3O4/c1-3-10-25-23(30)16-12-22(29)27(13-16)18-5-7-19(8-6-18)31-14-21(28)26-20-9-4-17(24)11-15(20)2/h4-9,11,16H,3,10,12-14H2,1-2H3,(H,25,30)(H,26,28)/t16-/m1/s1. The first-order valence-corrected chi connectivity index (χ1v) is 11.0. The van der Waals surface area contributed by atoms with E-state index in [0.29, 0.717) is 24.5 Å². The van der Waals surface area contributed by atoms with Crippen LogP contribution in [-0.2, 0) is 14.4 Å². The van der Waals surface area contributed by atoms with Crippen molar-refractivity contribution in [2.75, 3.05) is 29.9 Å². The van der Waals surface area contributed by atoms with Crippen LogP contribution in [0.5, 0.6) is 5.75 Å². The highest BCUT2D eigenvalue weighted by Crippen LogP contribution is 2.27. The minimum Gasteiger partial charge on any atom is -0.484 e. The van der Waals surface area contributed by atoms with Crippen molar-refractivity contribution < 1.29 is 19.1 Å². The van der Waals surface area contributed by atoms with Gasteiger partial charge < -0.3 is 20.3 Å². The van der Waals surface area contributed by atoms with Gasteiger partial charge in [-0.2, -0.15) is 0 Å². The lowest BCUT2D eigenvalue weighted by molar-refractivity contribution is -0.126. The summed E-state index contributed by atoms with van der Waals surface area (Å²) in [5.74, 6) is -0.222. The van der Waals surface area contributed by atoms with E-state index < -0.39 is 0 Å². The van der Waals surface area contributed by atoms with Crippen LogP contribution in [-0.4, -0.2) is 37.4 Å². The summed E-state index contributed by atoms with van der Waals surface area (Å²) < 4.78 is 6.51. The van der Waals surface area contributed by atoms with Gasteiger partial charge in [0.15, 0.2) is 6.61 Å². The molecule has 0 radical (unpaired) electrons. The highest BCUT2D eigenvalue weighted by Gasteiger charge is 2.34. The summed E-state index contributed by atoms with van der Waals surface area (Å²) >= 11 is 3.40. The third kappa shape index (κ3) is 6.07. The first-order chi connectivity index (χ1) is 14.9. The SMILES string of the molecule is CCCNC(=O)[C@@H]1CC(=O)N(c2ccc(OCC(=O)Nc3ccc(Br)cc3C)cc2)C1. The molecular weight excluding hydrogens is 462 g/mol. The van der Waals surface area contributed by atoms with E-state index in [4.69, 9.17) is 4.74 Å². The summed E-state index contributed by atoms with van der Waals surface area (Å²) in [6.07, 6.45) is 1.07. The van der Waals surface area contributed by atoms with Gasteiger partial charge in [0.05, 0.1) is 5.92 Å². The molecule has 3 rings (SSSR count). The number of nitrogens with one attached hydrogen (secondary N) is 2. The molecule has 0 aromatic heterocycles. The molecule has 164 valence electrons. The van der Waals surface area contributed by atoms with E-state index >= 15 is 0 Å². The van der Waals surface area contributed by atoms with Gasteiger partial charge in [0.25, 0.3) is 5.91 Å². The normalized spacial score (nSPS) is 15.6. The zero-order valence-corrected chi connectivity index (χ0v) is 19.2. The summed E-state index contributed by atoms with van der Waals surface area (Å²) in [6.45, 7) is 4.75. The molecule has 1 heterocycles. The third-order valence-corrected chi connectivity index (χ3v) is 5.52. The fourth-order valence-electron chi connectivity index (χ4n) is 3.35. The van der Waals surface area contributed by atoms with E-state index in [0.717, 1.165) is 22.1 Å². The monoisotopic (exact) mass is 487 g/mol. The second kappa shape index (κ2) is 10.4. The molecule has 0 unspecified atom stereocenters. The molecule has 8 heteroatoms. The molecule has 0 aliphatic carbocycles. The zero-order chi connectivity index (χ0) is 22.4. The van der Waals surface area contributed by atoms with Gasteiger partial charge in [-0.1, -0.05) is 22.9 Å². The first kappa shape index (κ1) is 22.8. The van der Waals surface area contributed by atoms with Crippen LogP contribution >= 0.6 is 15.9 Å². The lowest BCUT2D eigenvalue weighted by atomic mass is 10.1. The Bertz CT molecular complexity index is 962. The summed E-state index contributed by atoms with van der Waals surface area (Å²) in [6, 6.07) is 12.6. The number of hydrogen-bond donors (Lipinski definition) is 2. The predicted molar refractivity (Wildman–Crippen MR) is 123 cm³/mol. The van der Waals surface area contributed by atoms with Gasteiger partial charge in [-0.25, -0.2) is 0 Å².